The summed E-state index contributed by atoms with van der Waals surface area (Å²) < 4.78 is 1.04. The maximum absolute atomic E-state index is 4.58. The third-order valence-electron chi connectivity index (χ3n) is 1.41. The van der Waals surface area contributed by atoms with E-state index in [2.05, 4.69) is 62.2 Å². The summed E-state index contributed by atoms with van der Waals surface area (Å²) in [6.07, 6.45) is 0. The van der Waals surface area contributed by atoms with Gasteiger partial charge in [-0.25, -0.2) is 0 Å². The van der Waals surface area contributed by atoms with Gasteiger partial charge in [0.15, 0.2) is 0 Å². The maximum atomic E-state index is 4.58. The van der Waals surface area contributed by atoms with E-state index in [0.717, 1.165) is 4.43 Å². The molecule has 11 heavy (non-hydrogen) atoms. The van der Waals surface area contributed by atoms with Crippen LogP contribution in [0.5, 0.6) is 0 Å². The first kappa shape index (κ1) is 11.4. The second-order valence-electron chi connectivity index (χ2n) is 4.05. The second kappa shape index (κ2) is 4.43. The zero-order valence-corrected chi connectivity index (χ0v) is 10.3. The summed E-state index contributed by atoms with van der Waals surface area (Å²) in [7, 11) is 0. The Balaban J connectivity index is 4.41. The van der Waals surface area contributed by atoms with Crippen molar-refractivity contribution in [3.05, 3.63) is 0 Å². The van der Waals surface area contributed by atoms with Crippen LogP contribution in [0.1, 0.15) is 34.6 Å². The zero-order chi connectivity index (χ0) is 9.07. The van der Waals surface area contributed by atoms with E-state index < -0.39 is 0 Å². The molecule has 1 nitrogen and oxygen atoms in total. The molecule has 0 spiro atoms. The standard InChI is InChI=1S/C9H18IN/c1-7(2)11-8(6-10)9(3,4)5/h7H,6H2,1-5H3. The Labute approximate surface area is 83.8 Å². The van der Waals surface area contributed by atoms with Crippen molar-refractivity contribution >= 4 is 28.3 Å². The van der Waals surface area contributed by atoms with Crippen molar-refractivity contribution in [1.29, 1.82) is 0 Å². The molecule has 0 rings (SSSR count). The van der Waals surface area contributed by atoms with Gasteiger partial charge in [-0.1, -0.05) is 43.4 Å². The molecule has 0 aromatic carbocycles. The Morgan fingerprint density at radius 1 is 1.36 bits per heavy atom. The van der Waals surface area contributed by atoms with E-state index in [9.17, 15) is 0 Å². The van der Waals surface area contributed by atoms with Crippen LogP contribution in [0.4, 0.5) is 0 Å². The molecule has 0 aliphatic carbocycles. The van der Waals surface area contributed by atoms with E-state index in [0.29, 0.717) is 6.04 Å². The Kier molecular flexibility index (Phi) is 4.59. The molecule has 0 bridgehead atoms. The Bertz CT molecular complexity index is 142. The van der Waals surface area contributed by atoms with E-state index in [1.807, 2.05) is 0 Å². The minimum absolute atomic E-state index is 0.242. The molecule has 0 aromatic rings. The molecule has 0 heterocycles. The fourth-order valence-corrected chi connectivity index (χ4v) is 2.08. The molecule has 0 N–H and O–H groups in total. The summed E-state index contributed by atoms with van der Waals surface area (Å²) in [4.78, 5) is 4.58. The van der Waals surface area contributed by atoms with Gasteiger partial charge in [-0.05, 0) is 13.8 Å². The number of hydrogen-bond donors (Lipinski definition) is 0. The number of alkyl halides is 1. The van der Waals surface area contributed by atoms with Crippen molar-refractivity contribution in [3.63, 3.8) is 0 Å². The van der Waals surface area contributed by atoms with Gasteiger partial charge in [0.25, 0.3) is 0 Å². The first-order valence-corrected chi connectivity index (χ1v) is 5.53. The third kappa shape index (κ3) is 4.77. The third-order valence-corrected chi connectivity index (χ3v) is 2.13. The van der Waals surface area contributed by atoms with Gasteiger partial charge in [-0.2, -0.15) is 0 Å². The van der Waals surface area contributed by atoms with Crippen molar-refractivity contribution in [3.8, 4) is 0 Å². The molecule has 0 aromatic heterocycles. The predicted molar refractivity (Wildman–Crippen MR) is 60.9 cm³/mol. The summed E-state index contributed by atoms with van der Waals surface area (Å²) in [5.41, 5.74) is 1.55. The lowest BCUT2D eigenvalue weighted by Crippen LogP contribution is -2.23. The number of halogens is 1. The summed E-state index contributed by atoms with van der Waals surface area (Å²) in [5.74, 6) is 0. The fourth-order valence-electron chi connectivity index (χ4n) is 0.740. The molecule has 0 aliphatic heterocycles. The van der Waals surface area contributed by atoms with Crippen LogP contribution in [0, 0.1) is 5.41 Å². The highest BCUT2D eigenvalue weighted by atomic mass is 127. The summed E-state index contributed by atoms with van der Waals surface area (Å²) >= 11 is 2.38. The van der Waals surface area contributed by atoms with E-state index in [4.69, 9.17) is 0 Å². The number of aliphatic imine (C=N–C) groups is 1. The van der Waals surface area contributed by atoms with Crippen molar-refractivity contribution in [1.82, 2.24) is 0 Å². The average Bonchev–Trinajstić information content (AvgIpc) is 1.79. The summed E-state index contributed by atoms with van der Waals surface area (Å²) in [6, 6.07) is 0.430. The molecule has 0 aliphatic rings. The average molecular weight is 267 g/mol. The molecule has 0 fully saturated rings. The number of rotatable bonds is 2. The van der Waals surface area contributed by atoms with Crippen molar-refractivity contribution in [2.45, 2.75) is 40.7 Å². The zero-order valence-electron chi connectivity index (χ0n) is 8.11. The lowest BCUT2D eigenvalue weighted by molar-refractivity contribution is 0.582. The molecule has 66 valence electrons. The van der Waals surface area contributed by atoms with Crippen LogP contribution in [0.15, 0.2) is 4.99 Å². The van der Waals surface area contributed by atoms with Crippen LogP contribution < -0.4 is 0 Å². The Morgan fingerprint density at radius 3 is 1.91 bits per heavy atom. The van der Waals surface area contributed by atoms with Crippen molar-refractivity contribution in [2.24, 2.45) is 10.4 Å². The highest BCUT2D eigenvalue weighted by Gasteiger charge is 2.17. The second-order valence-corrected chi connectivity index (χ2v) is 4.82. The van der Waals surface area contributed by atoms with Crippen molar-refractivity contribution < 1.29 is 0 Å². The van der Waals surface area contributed by atoms with Gasteiger partial charge < -0.3 is 0 Å². The largest absolute Gasteiger partial charge is 0.290 e. The Hall–Kier alpha value is 0.400. The smallest absolute Gasteiger partial charge is 0.0443 e. The minimum Gasteiger partial charge on any atom is -0.290 e. The fraction of sp³-hybridized carbons (Fsp3) is 0.889. The van der Waals surface area contributed by atoms with E-state index >= 15 is 0 Å². The summed E-state index contributed by atoms with van der Waals surface area (Å²) in [5, 5.41) is 0. The van der Waals surface area contributed by atoms with E-state index in [-0.39, 0.29) is 5.41 Å². The molecular formula is C9H18IN. The molecule has 0 atom stereocenters. The first-order chi connectivity index (χ1) is 4.88. The SMILES string of the molecule is CC(C)N=C(CI)C(C)(C)C. The predicted octanol–water partition coefficient (Wildman–Crippen LogP) is 3.32. The number of hydrogen-bond acceptors (Lipinski definition) is 1. The normalized spacial score (nSPS) is 14.3. The van der Waals surface area contributed by atoms with Gasteiger partial charge in [0.05, 0.1) is 0 Å². The maximum Gasteiger partial charge on any atom is 0.0443 e. The lowest BCUT2D eigenvalue weighted by atomic mass is 9.91. The van der Waals surface area contributed by atoms with Gasteiger partial charge in [-0.15, -0.1) is 0 Å². The minimum atomic E-state index is 0.242. The van der Waals surface area contributed by atoms with Gasteiger partial charge in [0.2, 0.25) is 0 Å². The van der Waals surface area contributed by atoms with Crippen LogP contribution in [0.25, 0.3) is 0 Å². The van der Waals surface area contributed by atoms with Crippen LogP contribution in [0.3, 0.4) is 0 Å². The van der Waals surface area contributed by atoms with Gasteiger partial charge in [-0.3, -0.25) is 4.99 Å². The highest BCUT2D eigenvalue weighted by molar-refractivity contribution is 14.1. The molecular weight excluding hydrogens is 249 g/mol. The van der Waals surface area contributed by atoms with Gasteiger partial charge in [0.1, 0.15) is 0 Å². The Morgan fingerprint density at radius 2 is 1.82 bits per heavy atom. The monoisotopic (exact) mass is 267 g/mol. The molecule has 0 radical (unpaired) electrons. The molecule has 0 saturated heterocycles. The van der Waals surface area contributed by atoms with Crippen LogP contribution in [-0.2, 0) is 0 Å². The molecule has 0 saturated carbocycles. The van der Waals surface area contributed by atoms with Crippen LogP contribution in [0.2, 0.25) is 0 Å². The summed E-state index contributed by atoms with van der Waals surface area (Å²) in [6.45, 7) is 10.9. The molecule has 0 amide bonds. The molecule has 0 unspecified atom stereocenters. The molecule has 2 heteroatoms. The van der Waals surface area contributed by atoms with Crippen molar-refractivity contribution in [2.75, 3.05) is 4.43 Å². The van der Waals surface area contributed by atoms with Crippen LogP contribution in [-0.4, -0.2) is 16.2 Å². The van der Waals surface area contributed by atoms with Crippen LogP contribution >= 0.6 is 22.6 Å². The van der Waals surface area contributed by atoms with E-state index in [1.54, 1.807) is 0 Å². The van der Waals surface area contributed by atoms with E-state index in [1.165, 1.54) is 5.71 Å². The van der Waals surface area contributed by atoms with Gasteiger partial charge in [0, 0.05) is 21.6 Å². The highest BCUT2D eigenvalue weighted by Crippen LogP contribution is 2.18. The quantitative estimate of drug-likeness (QED) is 0.413. The van der Waals surface area contributed by atoms with Gasteiger partial charge >= 0.3 is 0 Å². The lowest BCUT2D eigenvalue weighted by Gasteiger charge is -2.20. The first-order valence-electron chi connectivity index (χ1n) is 4.01. The number of nitrogens with zero attached hydrogens (tertiary/aromatic N) is 1. The topological polar surface area (TPSA) is 12.4 Å².